The Balaban J connectivity index is 1.69. The lowest BCUT2D eigenvalue weighted by Gasteiger charge is -2.34. The van der Waals surface area contributed by atoms with Crippen molar-refractivity contribution in [1.29, 1.82) is 0 Å². The second-order valence-electron chi connectivity index (χ2n) is 10.6. The zero-order chi connectivity index (χ0) is 30.0. The minimum atomic E-state index is -1.17. The molecule has 3 aromatic carbocycles. The average molecular weight is 576 g/mol. The summed E-state index contributed by atoms with van der Waals surface area (Å²) in [5.41, 5.74) is 1.56. The molecule has 220 valence electrons. The summed E-state index contributed by atoms with van der Waals surface area (Å²) in [4.78, 5) is 30.0. The minimum Gasteiger partial charge on any atom is -0.493 e. The molecule has 1 unspecified atom stereocenters. The predicted molar refractivity (Wildman–Crippen MR) is 154 cm³/mol. The van der Waals surface area contributed by atoms with Crippen molar-refractivity contribution >= 4 is 28.5 Å². The second-order valence-corrected chi connectivity index (χ2v) is 10.6. The van der Waals surface area contributed by atoms with E-state index in [0.29, 0.717) is 51.0 Å². The largest absolute Gasteiger partial charge is 0.493 e. The Morgan fingerprint density at radius 2 is 1.67 bits per heavy atom. The molecule has 1 N–H and O–H groups in total. The average Bonchev–Trinajstić information content (AvgIpc) is 3.60. The van der Waals surface area contributed by atoms with E-state index in [0.717, 1.165) is 0 Å². The Bertz CT molecular complexity index is 1600. The van der Waals surface area contributed by atoms with Crippen LogP contribution in [-0.4, -0.2) is 60.5 Å². The van der Waals surface area contributed by atoms with Crippen molar-refractivity contribution in [3.63, 3.8) is 0 Å². The first-order chi connectivity index (χ1) is 20.1. The lowest BCUT2D eigenvalue weighted by atomic mass is 9.99. The Morgan fingerprint density at radius 3 is 2.33 bits per heavy atom. The normalized spacial score (nSPS) is 13.0. The van der Waals surface area contributed by atoms with E-state index < -0.39 is 23.4 Å². The van der Waals surface area contributed by atoms with E-state index in [9.17, 15) is 9.59 Å². The van der Waals surface area contributed by atoms with Crippen LogP contribution in [0.3, 0.4) is 0 Å². The molecule has 1 aliphatic heterocycles. The van der Waals surface area contributed by atoms with Crippen molar-refractivity contribution in [2.75, 3.05) is 33.0 Å². The molecule has 1 aliphatic rings. The Kier molecular flexibility index (Phi) is 7.79. The number of para-hydroxylation sites is 1. The van der Waals surface area contributed by atoms with E-state index in [1.165, 1.54) is 30.9 Å². The predicted octanol–water partition coefficient (Wildman–Crippen LogP) is 3.88. The maximum absolute atomic E-state index is 14.4. The van der Waals surface area contributed by atoms with Crippen molar-refractivity contribution in [3.8, 4) is 28.7 Å². The van der Waals surface area contributed by atoms with Crippen LogP contribution in [0.1, 0.15) is 32.4 Å². The lowest BCUT2D eigenvalue weighted by Crippen LogP contribution is -2.50. The second kappa shape index (κ2) is 11.5. The van der Waals surface area contributed by atoms with Crippen LogP contribution in [0.25, 0.3) is 11.0 Å². The molecule has 12 heteroatoms. The van der Waals surface area contributed by atoms with E-state index >= 15 is 0 Å². The molecule has 2 amide bonds. The van der Waals surface area contributed by atoms with Crippen LogP contribution in [0.15, 0.2) is 54.6 Å². The van der Waals surface area contributed by atoms with Crippen LogP contribution in [0.4, 0.5) is 5.69 Å². The van der Waals surface area contributed by atoms with E-state index in [1.54, 1.807) is 30.3 Å². The van der Waals surface area contributed by atoms with Gasteiger partial charge in [-0.25, -0.2) is 4.68 Å². The number of benzene rings is 3. The van der Waals surface area contributed by atoms with E-state index in [1.807, 2.05) is 45.0 Å². The van der Waals surface area contributed by atoms with Crippen LogP contribution in [0.2, 0.25) is 0 Å². The summed E-state index contributed by atoms with van der Waals surface area (Å²) in [5.74, 6) is 1.17. The van der Waals surface area contributed by atoms with Gasteiger partial charge in [-0.05, 0) is 62.7 Å². The van der Waals surface area contributed by atoms with Gasteiger partial charge in [0.15, 0.2) is 23.0 Å². The molecule has 2 heterocycles. The number of rotatable bonds is 9. The number of methoxy groups -OCH3 is 3. The fourth-order valence-electron chi connectivity index (χ4n) is 4.83. The zero-order valence-corrected chi connectivity index (χ0v) is 24.3. The maximum Gasteiger partial charge on any atom is 0.249 e. The molecule has 0 fully saturated rings. The van der Waals surface area contributed by atoms with Gasteiger partial charge in [-0.15, -0.1) is 5.10 Å². The van der Waals surface area contributed by atoms with Crippen molar-refractivity contribution in [2.45, 2.75) is 38.9 Å². The van der Waals surface area contributed by atoms with Crippen molar-refractivity contribution < 1.29 is 33.3 Å². The van der Waals surface area contributed by atoms with Gasteiger partial charge in [-0.2, -0.15) is 0 Å². The SMILES string of the molecule is COc1cc(C(C(=O)NC(C)(C)C)N(C(=O)Cn2nnc3ccccc32)c2ccc3c(c2)OCO3)cc(OC)c1OC. The van der Waals surface area contributed by atoms with E-state index in [2.05, 4.69) is 15.6 Å². The van der Waals surface area contributed by atoms with E-state index in [-0.39, 0.29) is 13.3 Å². The Morgan fingerprint density at radius 1 is 0.976 bits per heavy atom. The smallest absolute Gasteiger partial charge is 0.249 e. The molecule has 5 rings (SSSR count). The van der Waals surface area contributed by atoms with Crippen molar-refractivity contribution in [3.05, 3.63) is 60.2 Å². The third-order valence-corrected chi connectivity index (χ3v) is 6.62. The van der Waals surface area contributed by atoms with Gasteiger partial charge in [0.25, 0.3) is 0 Å². The molecular weight excluding hydrogens is 542 g/mol. The fraction of sp³-hybridized carbons (Fsp3) is 0.333. The first-order valence-electron chi connectivity index (χ1n) is 13.3. The number of fused-ring (bicyclic) bond motifs is 2. The number of aromatic nitrogens is 3. The monoisotopic (exact) mass is 575 g/mol. The van der Waals surface area contributed by atoms with E-state index in [4.69, 9.17) is 23.7 Å². The highest BCUT2D eigenvalue weighted by Gasteiger charge is 2.37. The van der Waals surface area contributed by atoms with Crippen LogP contribution in [0, 0.1) is 0 Å². The molecule has 0 saturated carbocycles. The summed E-state index contributed by atoms with van der Waals surface area (Å²) < 4.78 is 29.3. The Hall–Kier alpha value is -5.00. The molecule has 12 nitrogen and oxygen atoms in total. The summed E-state index contributed by atoms with van der Waals surface area (Å²) in [5, 5.41) is 11.4. The summed E-state index contributed by atoms with van der Waals surface area (Å²) in [6.45, 7) is 5.46. The van der Waals surface area contributed by atoms with Gasteiger partial charge in [0.1, 0.15) is 18.1 Å². The number of nitrogens with one attached hydrogen (secondary N) is 1. The molecule has 0 radical (unpaired) electrons. The summed E-state index contributed by atoms with van der Waals surface area (Å²) in [6, 6.07) is 14.6. The standard InChI is InChI=1S/C30H33N5O7/c1-30(2,3)31-29(37)27(18-13-24(38-4)28(40-6)25(14-18)39-5)35(19-11-12-22-23(15-19)42-17-41-22)26(36)16-34-21-10-8-7-9-20(21)32-33-34/h7-15,27H,16-17H2,1-6H3,(H,31,37). The first-order valence-corrected chi connectivity index (χ1v) is 13.3. The number of ether oxygens (including phenoxy) is 5. The molecule has 0 saturated heterocycles. The molecule has 42 heavy (non-hydrogen) atoms. The third-order valence-electron chi connectivity index (χ3n) is 6.62. The quantitative estimate of drug-likeness (QED) is 0.316. The first kappa shape index (κ1) is 28.5. The minimum absolute atomic E-state index is 0.0541. The molecule has 0 aliphatic carbocycles. The lowest BCUT2D eigenvalue weighted by molar-refractivity contribution is -0.128. The van der Waals surface area contributed by atoms with Gasteiger partial charge in [0.05, 0.1) is 26.8 Å². The third kappa shape index (κ3) is 5.60. The molecule has 4 aromatic rings. The Labute approximate surface area is 243 Å². The number of carbonyl (C=O) groups is 2. The summed E-state index contributed by atoms with van der Waals surface area (Å²) >= 11 is 0. The summed E-state index contributed by atoms with van der Waals surface area (Å²) in [7, 11) is 4.47. The van der Waals surface area contributed by atoms with Crippen LogP contribution >= 0.6 is 0 Å². The van der Waals surface area contributed by atoms with Gasteiger partial charge >= 0.3 is 0 Å². The highest BCUT2D eigenvalue weighted by molar-refractivity contribution is 6.02. The molecular formula is C30H33N5O7. The number of amides is 2. The number of carbonyl (C=O) groups excluding carboxylic acids is 2. The molecule has 1 aromatic heterocycles. The van der Waals surface area contributed by atoms with Crippen LogP contribution in [0.5, 0.6) is 28.7 Å². The summed E-state index contributed by atoms with van der Waals surface area (Å²) in [6.07, 6.45) is 0. The van der Waals surface area contributed by atoms with Crippen LogP contribution < -0.4 is 33.9 Å². The van der Waals surface area contributed by atoms with Crippen molar-refractivity contribution in [2.24, 2.45) is 0 Å². The molecule has 1 atom stereocenters. The van der Waals surface area contributed by atoms with Gasteiger partial charge in [0, 0.05) is 17.3 Å². The van der Waals surface area contributed by atoms with Crippen LogP contribution in [-0.2, 0) is 16.1 Å². The highest BCUT2D eigenvalue weighted by atomic mass is 16.7. The number of anilines is 1. The molecule has 0 spiro atoms. The van der Waals surface area contributed by atoms with Gasteiger partial charge in [-0.3, -0.25) is 14.5 Å². The topological polar surface area (TPSA) is 126 Å². The highest BCUT2D eigenvalue weighted by Crippen LogP contribution is 2.43. The number of hydrogen-bond acceptors (Lipinski definition) is 9. The van der Waals surface area contributed by atoms with Gasteiger partial charge in [0.2, 0.25) is 24.4 Å². The van der Waals surface area contributed by atoms with Crippen molar-refractivity contribution in [1.82, 2.24) is 20.3 Å². The number of hydrogen-bond donors (Lipinski definition) is 1. The maximum atomic E-state index is 14.4. The van der Waals surface area contributed by atoms with Gasteiger partial charge < -0.3 is 29.0 Å². The number of nitrogens with zero attached hydrogens (tertiary/aromatic N) is 4. The molecule has 0 bridgehead atoms. The van der Waals surface area contributed by atoms with Gasteiger partial charge in [-0.1, -0.05) is 17.3 Å². The fourth-order valence-corrected chi connectivity index (χ4v) is 4.83. The zero-order valence-electron chi connectivity index (χ0n) is 24.3.